The Labute approximate surface area is 240 Å². The van der Waals surface area contributed by atoms with Crippen LogP contribution in [0.1, 0.15) is 51.9 Å². The average Bonchev–Trinajstić information content (AvgIpc) is 3.35. The van der Waals surface area contributed by atoms with E-state index in [0.717, 1.165) is 42.0 Å². The number of fused-ring (bicyclic) bond motifs is 1. The van der Waals surface area contributed by atoms with E-state index in [1.165, 1.54) is 24.8 Å². The van der Waals surface area contributed by atoms with E-state index in [1.807, 2.05) is 66.7 Å². The second-order valence-corrected chi connectivity index (χ2v) is 10.6. The molecule has 2 N–H and O–H groups in total. The molecule has 2 heterocycles. The lowest BCUT2D eigenvalue weighted by molar-refractivity contribution is -0.110. The summed E-state index contributed by atoms with van der Waals surface area (Å²) in [6.07, 6.45) is 3.87. The average molecular weight is 544 g/mol. The number of ether oxygens (including phenoxy) is 1. The molecule has 0 aromatic heterocycles. The minimum absolute atomic E-state index is 0.188. The van der Waals surface area contributed by atoms with Crippen molar-refractivity contribution in [1.82, 2.24) is 4.90 Å². The topological polar surface area (TPSA) is 70.7 Å². The van der Waals surface area contributed by atoms with E-state index in [9.17, 15) is 9.59 Å². The second-order valence-electron chi connectivity index (χ2n) is 10.6. The predicted molar refractivity (Wildman–Crippen MR) is 163 cm³/mol. The maximum atomic E-state index is 13.4. The lowest BCUT2D eigenvalue weighted by atomic mass is 9.99. The minimum Gasteiger partial charge on any atom is -0.457 e. The Kier molecular flexibility index (Phi) is 7.92. The first-order chi connectivity index (χ1) is 20.1. The molecule has 6 nitrogen and oxygen atoms in total. The monoisotopic (exact) mass is 543 g/mol. The molecule has 4 aromatic carbocycles. The third-order valence-electron chi connectivity index (χ3n) is 7.60. The smallest absolute Gasteiger partial charge is 0.338 e. The lowest BCUT2D eigenvalue weighted by Crippen LogP contribution is -2.29. The van der Waals surface area contributed by atoms with Gasteiger partial charge >= 0.3 is 5.97 Å². The molecule has 41 heavy (non-hydrogen) atoms. The van der Waals surface area contributed by atoms with Crippen LogP contribution >= 0.6 is 0 Å². The van der Waals surface area contributed by atoms with Crippen molar-refractivity contribution in [3.05, 3.63) is 131 Å². The van der Waals surface area contributed by atoms with E-state index < -0.39 is 5.97 Å². The molecule has 0 spiro atoms. The van der Waals surface area contributed by atoms with E-state index in [-0.39, 0.29) is 12.5 Å². The highest BCUT2D eigenvalue weighted by molar-refractivity contribution is 6.37. The second kappa shape index (κ2) is 12.2. The molecule has 0 saturated carbocycles. The van der Waals surface area contributed by atoms with Crippen LogP contribution in [-0.2, 0) is 22.7 Å². The van der Waals surface area contributed by atoms with Gasteiger partial charge in [0.15, 0.2) is 0 Å². The number of carbonyl (C=O) groups is 2. The first-order valence-electron chi connectivity index (χ1n) is 14.2. The van der Waals surface area contributed by atoms with Gasteiger partial charge in [0, 0.05) is 17.8 Å². The van der Waals surface area contributed by atoms with Crippen molar-refractivity contribution in [2.45, 2.75) is 32.4 Å². The number of rotatable bonds is 8. The highest BCUT2D eigenvalue weighted by atomic mass is 16.5. The van der Waals surface area contributed by atoms with Crippen LogP contribution in [0.25, 0.3) is 11.3 Å². The van der Waals surface area contributed by atoms with E-state index >= 15 is 0 Å². The number of nitrogens with one attached hydrogen (secondary N) is 2. The van der Waals surface area contributed by atoms with Gasteiger partial charge < -0.3 is 15.4 Å². The summed E-state index contributed by atoms with van der Waals surface area (Å²) in [7, 11) is 0. The molecule has 1 fully saturated rings. The molecule has 6 heteroatoms. The van der Waals surface area contributed by atoms with Crippen LogP contribution in [0.4, 0.5) is 11.4 Å². The van der Waals surface area contributed by atoms with Crippen molar-refractivity contribution >= 4 is 34.5 Å². The molecule has 2 aliphatic heterocycles. The Balaban J connectivity index is 1.26. The first kappa shape index (κ1) is 26.5. The van der Waals surface area contributed by atoms with Crippen molar-refractivity contribution in [3.8, 4) is 0 Å². The number of hydrogen-bond acceptors (Lipinski definition) is 5. The Morgan fingerprint density at radius 2 is 1.49 bits per heavy atom. The highest BCUT2D eigenvalue weighted by Crippen LogP contribution is 2.38. The van der Waals surface area contributed by atoms with Gasteiger partial charge in [-0.25, -0.2) is 4.79 Å². The first-order valence-corrected chi connectivity index (χ1v) is 14.2. The number of carbonyl (C=O) groups excluding carboxylic acids is 2. The minimum atomic E-state index is -0.436. The van der Waals surface area contributed by atoms with E-state index in [4.69, 9.17) is 4.74 Å². The zero-order chi connectivity index (χ0) is 28.0. The summed E-state index contributed by atoms with van der Waals surface area (Å²) in [6.45, 7) is 3.46. The quantitative estimate of drug-likeness (QED) is 0.186. The van der Waals surface area contributed by atoms with Crippen LogP contribution in [0.3, 0.4) is 0 Å². The number of likely N-dealkylation sites (tertiary alicyclic amines) is 1. The third-order valence-corrected chi connectivity index (χ3v) is 7.60. The normalized spacial score (nSPS) is 16.0. The standard InChI is InChI=1S/C35H33N3O3/c39-34-32(30-19-16-28(22-31(30)37-34)35(40)41-24-26-10-4-1-5-11-26)33(27-12-6-2-7-13-27)36-29-17-14-25(15-18-29)23-38-20-8-3-9-21-38/h1-2,4-7,10-19,22,36H,3,8-9,20-21,23-24H2,(H,37,39). The van der Waals surface area contributed by atoms with Crippen molar-refractivity contribution in [1.29, 1.82) is 0 Å². The van der Waals surface area contributed by atoms with Crippen molar-refractivity contribution < 1.29 is 14.3 Å². The molecular formula is C35H33N3O3. The Hall–Kier alpha value is -4.68. The van der Waals surface area contributed by atoms with Gasteiger partial charge in [0.05, 0.1) is 22.5 Å². The van der Waals surface area contributed by atoms with Gasteiger partial charge in [-0.05, 0) is 66.9 Å². The molecular weight excluding hydrogens is 510 g/mol. The highest BCUT2D eigenvalue weighted by Gasteiger charge is 2.29. The molecule has 0 unspecified atom stereocenters. The number of nitrogens with zero attached hydrogens (tertiary/aromatic N) is 1. The van der Waals surface area contributed by atoms with Gasteiger partial charge in [-0.15, -0.1) is 0 Å². The summed E-state index contributed by atoms with van der Waals surface area (Å²) in [5.41, 5.74) is 6.96. The number of esters is 1. The Morgan fingerprint density at radius 1 is 0.780 bits per heavy atom. The number of hydrogen-bond donors (Lipinski definition) is 2. The van der Waals surface area contributed by atoms with Crippen molar-refractivity contribution in [2.75, 3.05) is 23.7 Å². The third kappa shape index (κ3) is 6.23. The molecule has 2 aliphatic rings. The van der Waals surface area contributed by atoms with Crippen LogP contribution < -0.4 is 10.6 Å². The summed E-state index contributed by atoms with van der Waals surface area (Å²) in [4.78, 5) is 28.7. The van der Waals surface area contributed by atoms with Gasteiger partial charge in [-0.2, -0.15) is 0 Å². The van der Waals surface area contributed by atoms with Crippen LogP contribution in [-0.4, -0.2) is 29.9 Å². The van der Waals surface area contributed by atoms with Crippen LogP contribution in [0, 0.1) is 0 Å². The predicted octanol–water partition coefficient (Wildman–Crippen LogP) is 6.96. The Bertz CT molecular complexity index is 1560. The maximum absolute atomic E-state index is 13.4. The summed E-state index contributed by atoms with van der Waals surface area (Å²) < 4.78 is 5.50. The van der Waals surface area contributed by atoms with Gasteiger partial charge in [0.2, 0.25) is 0 Å². The molecule has 0 bridgehead atoms. The lowest BCUT2D eigenvalue weighted by Gasteiger charge is -2.26. The van der Waals surface area contributed by atoms with E-state index in [0.29, 0.717) is 22.5 Å². The van der Waals surface area contributed by atoms with Crippen LogP contribution in [0.2, 0.25) is 0 Å². The van der Waals surface area contributed by atoms with Gasteiger partial charge in [0.25, 0.3) is 5.91 Å². The summed E-state index contributed by atoms with van der Waals surface area (Å²) in [6, 6.07) is 33.1. The van der Waals surface area contributed by atoms with Gasteiger partial charge in [-0.3, -0.25) is 9.69 Å². The zero-order valence-corrected chi connectivity index (χ0v) is 22.9. The molecule has 0 aliphatic carbocycles. The summed E-state index contributed by atoms with van der Waals surface area (Å²) in [5, 5.41) is 6.49. The molecule has 1 saturated heterocycles. The SMILES string of the molecule is O=C1Nc2cc(C(=O)OCc3ccccc3)ccc2C1=C(Nc1ccc(CN2CCCCC2)cc1)c1ccccc1. The number of anilines is 2. The molecule has 0 atom stereocenters. The van der Waals surface area contributed by atoms with Crippen molar-refractivity contribution in [3.63, 3.8) is 0 Å². The molecule has 4 aromatic rings. The van der Waals surface area contributed by atoms with Gasteiger partial charge in [-0.1, -0.05) is 85.3 Å². The summed E-state index contributed by atoms with van der Waals surface area (Å²) in [5.74, 6) is -0.655. The van der Waals surface area contributed by atoms with Crippen LogP contribution in [0.5, 0.6) is 0 Å². The summed E-state index contributed by atoms with van der Waals surface area (Å²) >= 11 is 0. The van der Waals surface area contributed by atoms with E-state index in [2.05, 4.69) is 39.8 Å². The fourth-order valence-corrected chi connectivity index (χ4v) is 5.45. The van der Waals surface area contributed by atoms with Crippen LogP contribution in [0.15, 0.2) is 103 Å². The fourth-order valence-electron chi connectivity index (χ4n) is 5.45. The number of benzene rings is 4. The Morgan fingerprint density at radius 3 is 2.22 bits per heavy atom. The molecule has 6 rings (SSSR count). The molecule has 1 amide bonds. The van der Waals surface area contributed by atoms with Crippen molar-refractivity contribution in [2.24, 2.45) is 0 Å². The number of piperidine rings is 1. The molecule has 206 valence electrons. The molecule has 0 radical (unpaired) electrons. The largest absolute Gasteiger partial charge is 0.457 e. The zero-order valence-electron chi connectivity index (χ0n) is 22.9. The van der Waals surface area contributed by atoms with Gasteiger partial charge in [0.1, 0.15) is 6.61 Å². The number of amides is 1. The maximum Gasteiger partial charge on any atom is 0.338 e. The van der Waals surface area contributed by atoms with E-state index in [1.54, 1.807) is 12.1 Å². The fraction of sp³-hybridized carbons (Fsp3) is 0.200.